The second-order valence-electron chi connectivity index (χ2n) is 7.22. The fraction of sp³-hybridized carbons (Fsp3) is 0.400. The molecule has 0 spiro atoms. The smallest absolute Gasteiger partial charge is 0.308 e. The number of fused-ring (bicyclic) bond motifs is 1. The molecule has 0 radical (unpaired) electrons. The number of carbonyl (C=O) groups is 1. The monoisotopic (exact) mass is 449 g/mol. The van der Waals surface area contributed by atoms with E-state index in [9.17, 15) is 18.0 Å². The van der Waals surface area contributed by atoms with Gasteiger partial charge in [-0.3, -0.25) is 14.2 Å². The van der Waals surface area contributed by atoms with Crippen molar-refractivity contribution in [2.45, 2.75) is 37.8 Å². The van der Waals surface area contributed by atoms with Crippen LogP contribution in [-0.4, -0.2) is 36.3 Å². The average molecular weight is 450 g/mol. The number of hydrogen-bond donors (Lipinski definition) is 1. The van der Waals surface area contributed by atoms with Gasteiger partial charge in [0, 0.05) is 25.6 Å². The highest BCUT2D eigenvalue weighted by Crippen LogP contribution is 2.27. The van der Waals surface area contributed by atoms with E-state index in [1.807, 2.05) is 6.92 Å². The number of nitrogens with one attached hydrogen (secondary N) is 1. The molecule has 3 heterocycles. The van der Waals surface area contributed by atoms with Crippen molar-refractivity contribution in [1.82, 2.24) is 14.2 Å². The summed E-state index contributed by atoms with van der Waals surface area (Å²) in [4.78, 5) is 24.5. The van der Waals surface area contributed by atoms with E-state index in [0.717, 1.165) is 16.9 Å². The van der Waals surface area contributed by atoms with Crippen molar-refractivity contribution >= 4 is 37.5 Å². The van der Waals surface area contributed by atoms with E-state index in [1.54, 1.807) is 41.2 Å². The summed E-state index contributed by atoms with van der Waals surface area (Å²) in [5.41, 5.74) is 0.749. The molecule has 1 saturated heterocycles. The Morgan fingerprint density at radius 3 is 2.70 bits per heavy atom. The minimum absolute atomic E-state index is 0.0875. The second-order valence-corrected chi connectivity index (χ2v) is 10.1. The quantitative estimate of drug-likeness (QED) is 0.623. The van der Waals surface area contributed by atoms with Crippen molar-refractivity contribution in [2.75, 3.05) is 13.1 Å². The van der Waals surface area contributed by atoms with Gasteiger partial charge in [-0.15, -0.1) is 0 Å². The molecule has 1 aromatic carbocycles. The van der Waals surface area contributed by atoms with E-state index in [0.29, 0.717) is 36.4 Å². The summed E-state index contributed by atoms with van der Waals surface area (Å²) >= 11 is 1.05. The predicted octanol–water partition coefficient (Wildman–Crippen LogP) is 2.39. The number of thiazole rings is 1. The number of hydrogen-bond acceptors (Lipinski definition) is 6. The highest BCUT2D eigenvalue weighted by molar-refractivity contribution is 7.89. The van der Waals surface area contributed by atoms with Crippen LogP contribution in [0.25, 0.3) is 10.2 Å². The molecule has 8 nitrogen and oxygen atoms in total. The maximum Gasteiger partial charge on any atom is 0.308 e. The van der Waals surface area contributed by atoms with Gasteiger partial charge in [0.2, 0.25) is 15.9 Å². The molecule has 1 aliphatic heterocycles. The van der Waals surface area contributed by atoms with Crippen LogP contribution in [0.5, 0.6) is 0 Å². The maximum absolute atomic E-state index is 13.1. The summed E-state index contributed by atoms with van der Waals surface area (Å²) in [6.07, 6.45) is 2.48. The van der Waals surface area contributed by atoms with Crippen LogP contribution >= 0.6 is 11.3 Å². The lowest BCUT2D eigenvalue weighted by molar-refractivity contribution is -0.126. The van der Waals surface area contributed by atoms with E-state index in [2.05, 4.69) is 5.32 Å². The van der Waals surface area contributed by atoms with Gasteiger partial charge in [-0.05, 0) is 50.1 Å². The summed E-state index contributed by atoms with van der Waals surface area (Å²) in [6, 6.07) is 8.37. The molecule has 0 unspecified atom stereocenters. The SMILES string of the molecule is CCn1c(=O)sc2cc(S(=O)(=O)N3CCC(C(=O)NCc4ccco4)CC3)ccc21. The molecule has 0 atom stereocenters. The number of piperidine rings is 1. The first-order valence-electron chi connectivity index (χ1n) is 9.84. The van der Waals surface area contributed by atoms with Crippen molar-refractivity contribution in [3.8, 4) is 0 Å². The number of nitrogens with zero attached hydrogens (tertiary/aromatic N) is 2. The van der Waals surface area contributed by atoms with Gasteiger partial charge >= 0.3 is 4.87 Å². The van der Waals surface area contributed by atoms with E-state index in [4.69, 9.17) is 4.42 Å². The Balaban J connectivity index is 1.43. The molecule has 10 heteroatoms. The number of rotatable bonds is 6. The van der Waals surface area contributed by atoms with Gasteiger partial charge < -0.3 is 9.73 Å². The minimum Gasteiger partial charge on any atom is -0.467 e. The Kier molecular flexibility index (Phi) is 5.81. The van der Waals surface area contributed by atoms with Gasteiger partial charge in [-0.25, -0.2) is 8.42 Å². The van der Waals surface area contributed by atoms with Gasteiger partial charge in [0.25, 0.3) is 0 Å². The van der Waals surface area contributed by atoms with Crippen molar-refractivity contribution < 1.29 is 17.6 Å². The highest BCUT2D eigenvalue weighted by atomic mass is 32.2. The van der Waals surface area contributed by atoms with Crippen molar-refractivity contribution in [3.63, 3.8) is 0 Å². The number of sulfonamides is 1. The molecule has 30 heavy (non-hydrogen) atoms. The van der Waals surface area contributed by atoms with Crippen molar-refractivity contribution in [1.29, 1.82) is 0 Å². The zero-order valence-electron chi connectivity index (χ0n) is 16.5. The Labute approximate surface area is 178 Å². The topological polar surface area (TPSA) is 102 Å². The van der Waals surface area contributed by atoms with Gasteiger partial charge in [0.1, 0.15) is 5.76 Å². The lowest BCUT2D eigenvalue weighted by Gasteiger charge is -2.30. The van der Waals surface area contributed by atoms with Crippen molar-refractivity contribution in [3.05, 3.63) is 52.0 Å². The fourth-order valence-corrected chi connectivity index (χ4v) is 6.31. The van der Waals surface area contributed by atoms with Crippen LogP contribution in [0.15, 0.2) is 50.7 Å². The van der Waals surface area contributed by atoms with E-state index < -0.39 is 10.0 Å². The second kappa shape index (κ2) is 8.37. The predicted molar refractivity (Wildman–Crippen MR) is 114 cm³/mol. The fourth-order valence-electron chi connectivity index (χ4n) is 3.75. The molecule has 0 bridgehead atoms. The van der Waals surface area contributed by atoms with E-state index in [1.165, 1.54) is 4.31 Å². The zero-order chi connectivity index (χ0) is 21.3. The molecule has 4 rings (SSSR count). The molecule has 0 saturated carbocycles. The van der Waals surface area contributed by atoms with Gasteiger partial charge in [-0.2, -0.15) is 4.31 Å². The van der Waals surface area contributed by atoms with Gasteiger partial charge in [0.15, 0.2) is 0 Å². The summed E-state index contributed by atoms with van der Waals surface area (Å²) in [5.74, 6) is 0.367. The molecule has 3 aromatic rings. The maximum atomic E-state index is 13.1. The molecule has 0 aliphatic carbocycles. The number of aromatic nitrogens is 1. The molecular weight excluding hydrogens is 426 g/mol. The van der Waals surface area contributed by atoms with Crippen LogP contribution in [0.4, 0.5) is 0 Å². The van der Waals surface area contributed by atoms with Crippen molar-refractivity contribution in [2.24, 2.45) is 5.92 Å². The molecule has 1 amide bonds. The van der Waals surface area contributed by atoms with E-state index in [-0.39, 0.29) is 34.7 Å². The van der Waals surface area contributed by atoms with Gasteiger partial charge in [-0.1, -0.05) is 11.3 Å². The molecule has 1 aliphatic rings. The molecular formula is C20H23N3O5S2. The third-order valence-electron chi connectivity index (χ3n) is 5.44. The first kappa shape index (κ1) is 20.8. The molecule has 160 valence electrons. The number of carbonyl (C=O) groups excluding carboxylic acids is 1. The zero-order valence-corrected chi connectivity index (χ0v) is 18.2. The van der Waals surface area contributed by atoms with Crippen LogP contribution in [0.2, 0.25) is 0 Å². The minimum atomic E-state index is -3.68. The van der Waals surface area contributed by atoms with Crippen LogP contribution in [-0.2, 0) is 27.9 Å². The van der Waals surface area contributed by atoms with Crippen LogP contribution in [0.1, 0.15) is 25.5 Å². The average Bonchev–Trinajstić information content (AvgIpc) is 3.38. The third kappa shape index (κ3) is 3.94. The number of benzene rings is 1. The summed E-state index contributed by atoms with van der Waals surface area (Å²) in [7, 11) is -3.68. The standard InChI is InChI=1S/C20H23N3O5S2/c1-2-23-17-6-5-16(12-18(17)29-20(23)25)30(26,27)22-9-7-14(8-10-22)19(24)21-13-15-4-3-11-28-15/h3-6,11-12,14H,2,7-10,13H2,1H3,(H,21,24). The molecule has 1 fully saturated rings. The number of furan rings is 1. The Morgan fingerprint density at radius 1 is 1.27 bits per heavy atom. The number of amides is 1. The largest absolute Gasteiger partial charge is 0.467 e. The van der Waals surface area contributed by atoms with E-state index >= 15 is 0 Å². The summed E-state index contributed by atoms with van der Waals surface area (Å²) in [6.45, 7) is 3.31. The van der Waals surface area contributed by atoms with Gasteiger partial charge in [0.05, 0.1) is 27.9 Å². The summed E-state index contributed by atoms with van der Waals surface area (Å²) in [5, 5.41) is 2.84. The molecule has 2 aromatic heterocycles. The first-order chi connectivity index (χ1) is 14.4. The highest BCUT2D eigenvalue weighted by Gasteiger charge is 2.32. The van der Waals surface area contributed by atoms with Crippen LogP contribution in [0.3, 0.4) is 0 Å². The first-order valence-corrected chi connectivity index (χ1v) is 12.1. The van der Waals surface area contributed by atoms with Crippen LogP contribution in [0, 0.1) is 5.92 Å². The van der Waals surface area contributed by atoms with Crippen LogP contribution < -0.4 is 10.2 Å². The third-order valence-corrected chi connectivity index (χ3v) is 8.27. The summed E-state index contributed by atoms with van der Waals surface area (Å²) < 4.78 is 35.1. The number of aryl methyl sites for hydroxylation is 1. The lowest BCUT2D eigenvalue weighted by Crippen LogP contribution is -2.42. The normalized spacial score (nSPS) is 16.2. The Hall–Kier alpha value is -2.43. The molecule has 1 N–H and O–H groups in total. The Bertz CT molecular complexity index is 1200. The Morgan fingerprint density at radius 2 is 2.03 bits per heavy atom. The lowest BCUT2D eigenvalue weighted by atomic mass is 9.97.